The highest BCUT2D eigenvalue weighted by molar-refractivity contribution is 4.66. The molecular formula is C16H32. The number of hydrogen-bond donors (Lipinski definition) is 0. The van der Waals surface area contributed by atoms with Crippen molar-refractivity contribution in [3.63, 3.8) is 0 Å². The van der Waals surface area contributed by atoms with Crippen LogP contribution in [0.3, 0.4) is 0 Å². The molecule has 16 heavy (non-hydrogen) atoms. The zero-order valence-electron chi connectivity index (χ0n) is 11.6. The van der Waals surface area contributed by atoms with E-state index in [4.69, 9.17) is 0 Å². The maximum Gasteiger partial charge on any atom is -0.0414 e. The molecule has 0 aromatic heterocycles. The summed E-state index contributed by atoms with van der Waals surface area (Å²) in [4.78, 5) is 0. The summed E-state index contributed by atoms with van der Waals surface area (Å²) >= 11 is 0. The predicted molar refractivity (Wildman–Crippen MR) is 73.7 cm³/mol. The number of hydrogen-bond acceptors (Lipinski definition) is 0. The molecule has 0 aliphatic heterocycles. The highest BCUT2D eigenvalue weighted by atomic mass is 14.2. The Morgan fingerprint density at radius 3 is 1.50 bits per heavy atom. The summed E-state index contributed by atoms with van der Waals surface area (Å²) in [6.45, 7) is 4.69. The van der Waals surface area contributed by atoms with Crippen LogP contribution in [0.4, 0.5) is 0 Å². The fourth-order valence-corrected chi connectivity index (χ4v) is 3.42. The van der Waals surface area contributed by atoms with E-state index in [2.05, 4.69) is 13.8 Å². The van der Waals surface area contributed by atoms with Crippen LogP contribution in [0.25, 0.3) is 0 Å². The van der Waals surface area contributed by atoms with Gasteiger partial charge >= 0.3 is 0 Å². The molecular weight excluding hydrogens is 192 g/mol. The third-order valence-electron chi connectivity index (χ3n) is 4.34. The first-order valence-corrected chi connectivity index (χ1v) is 7.86. The smallest absolute Gasteiger partial charge is 0.0414 e. The second-order valence-corrected chi connectivity index (χ2v) is 5.88. The molecule has 0 radical (unpaired) electrons. The van der Waals surface area contributed by atoms with Gasteiger partial charge in [-0.15, -0.1) is 0 Å². The molecule has 2 atom stereocenters. The molecule has 0 amide bonds. The lowest BCUT2D eigenvalue weighted by molar-refractivity contribution is 0.316. The van der Waals surface area contributed by atoms with Crippen LogP contribution < -0.4 is 0 Å². The first-order valence-electron chi connectivity index (χ1n) is 7.86. The normalized spacial score (nSPS) is 28.9. The van der Waals surface area contributed by atoms with Crippen LogP contribution in [0.1, 0.15) is 90.9 Å². The van der Waals surface area contributed by atoms with Gasteiger partial charge in [0.2, 0.25) is 0 Å². The molecule has 96 valence electrons. The molecule has 1 aliphatic rings. The van der Waals surface area contributed by atoms with Gasteiger partial charge in [0.05, 0.1) is 0 Å². The molecule has 0 spiro atoms. The van der Waals surface area contributed by atoms with Crippen LogP contribution >= 0.6 is 0 Å². The Bertz CT molecular complexity index is 134. The molecule has 0 bridgehead atoms. The summed E-state index contributed by atoms with van der Waals surface area (Å²) in [6.07, 6.45) is 17.9. The van der Waals surface area contributed by atoms with Gasteiger partial charge in [-0.2, -0.15) is 0 Å². The molecule has 0 heteroatoms. The first-order chi connectivity index (χ1) is 7.86. The van der Waals surface area contributed by atoms with Crippen molar-refractivity contribution in [1.29, 1.82) is 0 Å². The highest BCUT2D eigenvalue weighted by Gasteiger charge is 2.13. The summed E-state index contributed by atoms with van der Waals surface area (Å²) in [5.41, 5.74) is 0. The summed E-state index contributed by atoms with van der Waals surface area (Å²) < 4.78 is 0. The summed E-state index contributed by atoms with van der Waals surface area (Å²) in [6, 6.07) is 0. The summed E-state index contributed by atoms with van der Waals surface area (Å²) in [5.74, 6) is 2.12. The molecule has 1 rings (SSSR count). The second-order valence-electron chi connectivity index (χ2n) is 5.88. The van der Waals surface area contributed by atoms with Crippen molar-refractivity contribution in [1.82, 2.24) is 0 Å². The van der Waals surface area contributed by atoms with Gasteiger partial charge in [-0.3, -0.25) is 0 Å². The zero-order chi connectivity index (χ0) is 11.6. The average Bonchev–Trinajstić information content (AvgIpc) is 2.29. The fourth-order valence-electron chi connectivity index (χ4n) is 3.42. The van der Waals surface area contributed by atoms with E-state index < -0.39 is 0 Å². The van der Waals surface area contributed by atoms with Crippen LogP contribution in [-0.4, -0.2) is 0 Å². The van der Waals surface area contributed by atoms with Crippen LogP contribution in [0.2, 0.25) is 0 Å². The Labute approximate surface area is 103 Å². The van der Waals surface area contributed by atoms with E-state index in [1.165, 1.54) is 77.0 Å². The van der Waals surface area contributed by atoms with Crippen molar-refractivity contribution in [2.75, 3.05) is 0 Å². The molecule has 1 aliphatic carbocycles. The van der Waals surface area contributed by atoms with Gasteiger partial charge in [0.1, 0.15) is 0 Å². The van der Waals surface area contributed by atoms with Crippen molar-refractivity contribution in [2.45, 2.75) is 90.9 Å². The molecule has 1 saturated carbocycles. The fraction of sp³-hybridized carbons (Fsp3) is 1.00. The molecule has 1 fully saturated rings. The Hall–Kier alpha value is 0. The second kappa shape index (κ2) is 9.07. The largest absolute Gasteiger partial charge is 0.0654 e. The molecule has 0 aromatic carbocycles. The lowest BCUT2D eigenvalue weighted by Gasteiger charge is -2.22. The minimum Gasteiger partial charge on any atom is -0.0654 e. The van der Waals surface area contributed by atoms with Gasteiger partial charge in [-0.05, 0) is 11.8 Å². The quantitative estimate of drug-likeness (QED) is 0.553. The van der Waals surface area contributed by atoms with Gasteiger partial charge < -0.3 is 0 Å². The van der Waals surface area contributed by atoms with Crippen molar-refractivity contribution in [3.05, 3.63) is 0 Å². The van der Waals surface area contributed by atoms with Crippen LogP contribution in [-0.2, 0) is 0 Å². The Balaban J connectivity index is 2.29. The van der Waals surface area contributed by atoms with Crippen molar-refractivity contribution >= 4 is 0 Å². The lowest BCUT2D eigenvalue weighted by Crippen LogP contribution is -2.07. The van der Waals surface area contributed by atoms with Crippen molar-refractivity contribution < 1.29 is 0 Å². The number of rotatable bonds is 4. The maximum atomic E-state index is 2.35. The molecule has 0 saturated heterocycles. The van der Waals surface area contributed by atoms with Crippen molar-refractivity contribution in [3.8, 4) is 0 Å². The molecule has 0 N–H and O–H groups in total. The standard InChI is InChI=1S/C16H32/c1-3-9-15-11-6-5-7-12-16(10-4-2)14-8-13-15/h15-16H,3-14H2,1-2H3. The minimum absolute atomic E-state index is 1.06. The average molecular weight is 224 g/mol. The predicted octanol–water partition coefficient (Wildman–Crippen LogP) is 5.95. The summed E-state index contributed by atoms with van der Waals surface area (Å²) in [7, 11) is 0. The SMILES string of the molecule is CCCC1CCCCCC(CCC)CCC1. The minimum atomic E-state index is 1.06. The van der Waals surface area contributed by atoms with Crippen LogP contribution in [0.5, 0.6) is 0 Å². The van der Waals surface area contributed by atoms with E-state index in [9.17, 15) is 0 Å². The van der Waals surface area contributed by atoms with Gasteiger partial charge in [-0.25, -0.2) is 0 Å². The molecule has 2 unspecified atom stereocenters. The maximum absolute atomic E-state index is 2.35. The van der Waals surface area contributed by atoms with Crippen LogP contribution in [0, 0.1) is 11.8 Å². The van der Waals surface area contributed by atoms with Crippen molar-refractivity contribution in [2.24, 2.45) is 11.8 Å². The Kier molecular flexibility index (Phi) is 7.98. The van der Waals surface area contributed by atoms with E-state index in [1.54, 1.807) is 0 Å². The summed E-state index contributed by atoms with van der Waals surface area (Å²) in [5, 5.41) is 0. The van der Waals surface area contributed by atoms with E-state index in [1.807, 2.05) is 0 Å². The molecule has 0 nitrogen and oxygen atoms in total. The van der Waals surface area contributed by atoms with E-state index >= 15 is 0 Å². The topological polar surface area (TPSA) is 0 Å². The monoisotopic (exact) mass is 224 g/mol. The van der Waals surface area contributed by atoms with Gasteiger partial charge in [0, 0.05) is 0 Å². The van der Waals surface area contributed by atoms with Crippen LogP contribution in [0.15, 0.2) is 0 Å². The Morgan fingerprint density at radius 2 is 1.06 bits per heavy atom. The van der Waals surface area contributed by atoms with E-state index in [0.29, 0.717) is 0 Å². The lowest BCUT2D eigenvalue weighted by atomic mass is 9.84. The van der Waals surface area contributed by atoms with Gasteiger partial charge in [-0.1, -0.05) is 90.9 Å². The van der Waals surface area contributed by atoms with E-state index in [-0.39, 0.29) is 0 Å². The van der Waals surface area contributed by atoms with Gasteiger partial charge in [0.25, 0.3) is 0 Å². The van der Waals surface area contributed by atoms with Gasteiger partial charge in [0.15, 0.2) is 0 Å². The third-order valence-corrected chi connectivity index (χ3v) is 4.34. The first kappa shape index (κ1) is 14.1. The Morgan fingerprint density at radius 1 is 0.625 bits per heavy atom. The zero-order valence-corrected chi connectivity index (χ0v) is 11.6. The third kappa shape index (κ3) is 5.92. The molecule has 0 heterocycles. The highest BCUT2D eigenvalue weighted by Crippen LogP contribution is 2.28. The molecule has 0 aromatic rings. The van der Waals surface area contributed by atoms with E-state index in [0.717, 1.165) is 11.8 Å².